The molecule has 0 bridgehead atoms. The lowest BCUT2D eigenvalue weighted by Crippen LogP contribution is -2.52. The summed E-state index contributed by atoms with van der Waals surface area (Å²) in [6.45, 7) is 1.17. The van der Waals surface area contributed by atoms with Crippen molar-refractivity contribution in [2.24, 2.45) is 5.92 Å². The third kappa shape index (κ3) is 3.01. The zero-order valence-electron chi connectivity index (χ0n) is 11.3. The summed E-state index contributed by atoms with van der Waals surface area (Å²) in [5, 5.41) is 0. The van der Waals surface area contributed by atoms with Crippen LogP contribution >= 0.6 is 0 Å². The van der Waals surface area contributed by atoms with Crippen LogP contribution in [-0.4, -0.2) is 42.4 Å². The SMILES string of the molecule is O=S1(=O)CCN(Cc2ccc(F)cn2)C(C2CCC2)C1. The van der Waals surface area contributed by atoms with Crippen LogP contribution in [-0.2, 0) is 16.4 Å². The number of pyridine rings is 1. The van der Waals surface area contributed by atoms with Crippen LogP contribution < -0.4 is 0 Å². The minimum atomic E-state index is -2.91. The van der Waals surface area contributed by atoms with Gasteiger partial charge in [-0.05, 0) is 30.9 Å². The third-order valence-corrected chi connectivity index (χ3v) is 6.08. The van der Waals surface area contributed by atoms with E-state index < -0.39 is 9.84 Å². The van der Waals surface area contributed by atoms with E-state index in [1.54, 1.807) is 6.07 Å². The maximum Gasteiger partial charge on any atom is 0.153 e. The minimum absolute atomic E-state index is 0.106. The molecule has 0 aromatic carbocycles. The second kappa shape index (κ2) is 5.41. The molecule has 1 saturated carbocycles. The summed E-state index contributed by atoms with van der Waals surface area (Å²) < 4.78 is 36.6. The predicted molar refractivity (Wildman–Crippen MR) is 74.4 cm³/mol. The molecule has 0 radical (unpaired) electrons. The van der Waals surface area contributed by atoms with E-state index in [9.17, 15) is 12.8 Å². The monoisotopic (exact) mass is 298 g/mol. The van der Waals surface area contributed by atoms with E-state index in [0.717, 1.165) is 18.5 Å². The Bertz CT molecular complexity index is 569. The fourth-order valence-electron chi connectivity index (χ4n) is 3.03. The summed E-state index contributed by atoms with van der Waals surface area (Å²) in [6.07, 6.45) is 4.65. The van der Waals surface area contributed by atoms with E-state index in [1.807, 2.05) is 0 Å². The lowest BCUT2D eigenvalue weighted by atomic mass is 9.79. The summed E-state index contributed by atoms with van der Waals surface area (Å²) in [6, 6.07) is 3.19. The summed E-state index contributed by atoms with van der Waals surface area (Å²) in [5.74, 6) is 0.632. The number of halogens is 1. The summed E-state index contributed by atoms with van der Waals surface area (Å²) in [7, 11) is -2.91. The number of rotatable bonds is 3. The van der Waals surface area contributed by atoms with Gasteiger partial charge in [0.2, 0.25) is 0 Å². The Kier molecular flexibility index (Phi) is 3.77. The highest BCUT2D eigenvalue weighted by atomic mass is 32.2. The van der Waals surface area contributed by atoms with Gasteiger partial charge in [0.05, 0.1) is 23.4 Å². The van der Waals surface area contributed by atoms with Crippen LogP contribution in [0.4, 0.5) is 4.39 Å². The van der Waals surface area contributed by atoms with Gasteiger partial charge >= 0.3 is 0 Å². The molecule has 0 N–H and O–H groups in total. The first kappa shape index (κ1) is 13.9. The van der Waals surface area contributed by atoms with Crippen molar-refractivity contribution in [3.05, 3.63) is 29.8 Å². The maximum absolute atomic E-state index is 12.9. The topological polar surface area (TPSA) is 50.3 Å². The second-order valence-electron chi connectivity index (χ2n) is 5.81. The molecular formula is C14H19FN2O2S. The molecule has 2 aliphatic rings. The molecule has 1 aromatic heterocycles. The van der Waals surface area contributed by atoms with E-state index >= 15 is 0 Å². The number of sulfone groups is 1. The van der Waals surface area contributed by atoms with Crippen molar-refractivity contribution in [1.29, 1.82) is 0 Å². The Labute approximate surface area is 118 Å². The fraction of sp³-hybridized carbons (Fsp3) is 0.643. The fourth-order valence-corrected chi connectivity index (χ4v) is 4.72. The second-order valence-corrected chi connectivity index (χ2v) is 8.04. The highest BCUT2D eigenvalue weighted by Crippen LogP contribution is 2.35. The molecule has 1 atom stereocenters. The predicted octanol–water partition coefficient (Wildman–Crippen LogP) is 1.62. The summed E-state index contributed by atoms with van der Waals surface area (Å²) >= 11 is 0. The highest BCUT2D eigenvalue weighted by molar-refractivity contribution is 7.91. The van der Waals surface area contributed by atoms with Gasteiger partial charge in [-0.3, -0.25) is 9.88 Å². The summed E-state index contributed by atoms with van der Waals surface area (Å²) in [4.78, 5) is 6.29. The molecule has 1 saturated heterocycles. The quantitative estimate of drug-likeness (QED) is 0.851. The van der Waals surface area contributed by atoms with Crippen molar-refractivity contribution in [3.63, 3.8) is 0 Å². The van der Waals surface area contributed by atoms with Gasteiger partial charge in [-0.2, -0.15) is 0 Å². The number of hydrogen-bond donors (Lipinski definition) is 0. The molecule has 1 aromatic rings. The largest absolute Gasteiger partial charge is 0.292 e. The van der Waals surface area contributed by atoms with E-state index in [2.05, 4.69) is 9.88 Å². The highest BCUT2D eigenvalue weighted by Gasteiger charge is 2.38. The van der Waals surface area contributed by atoms with Crippen molar-refractivity contribution in [2.75, 3.05) is 18.1 Å². The average Bonchev–Trinajstić information content (AvgIpc) is 2.33. The molecule has 0 amide bonds. The van der Waals surface area contributed by atoms with Crippen LogP contribution in [0.3, 0.4) is 0 Å². The molecule has 0 spiro atoms. The molecular weight excluding hydrogens is 279 g/mol. The van der Waals surface area contributed by atoms with Gasteiger partial charge in [-0.15, -0.1) is 0 Å². The lowest BCUT2D eigenvalue weighted by molar-refractivity contribution is 0.102. The van der Waals surface area contributed by atoms with Crippen LogP contribution in [0.2, 0.25) is 0 Å². The number of aromatic nitrogens is 1. The van der Waals surface area contributed by atoms with Crippen LogP contribution in [0.5, 0.6) is 0 Å². The van der Waals surface area contributed by atoms with E-state index in [1.165, 1.54) is 18.7 Å². The van der Waals surface area contributed by atoms with Crippen molar-refractivity contribution in [1.82, 2.24) is 9.88 Å². The van der Waals surface area contributed by atoms with Crippen molar-refractivity contribution >= 4 is 9.84 Å². The Morgan fingerprint density at radius 3 is 2.75 bits per heavy atom. The van der Waals surface area contributed by atoms with Crippen LogP contribution in [0.15, 0.2) is 18.3 Å². The molecule has 1 aliphatic heterocycles. The Balaban J connectivity index is 1.74. The zero-order valence-corrected chi connectivity index (χ0v) is 12.2. The standard InChI is InChI=1S/C14H19FN2O2S/c15-12-4-5-13(16-8-12)9-17-6-7-20(18,19)10-14(17)11-2-1-3-11/h4-5,8,11,14H,1-3,6-7,9-10H2. The Morgan fingerprint density at radius 1 is 1.35 bits per heavy atom. The number of hydrogen-bond acceptors (Lipinski definition) is 4. The summed E-state index contributed by atoms with van der Waals surface area (Å²) in [5.41, 5.74) is 0.801. The maximum atomic E-state index is 12.9. The molecule has 4 nitrogen and oxygen atoms in total. The van der Waals surface area contributed by atoms with Gasteiger partial charge in [0.25, 0.3) is 0 Å². The first-order chi connectivity index (χ1) is 9.53. The smallest absolute Gasteiger partial charge is 0.153 e. The van der Waals surface area contributed by atoms with Crippen LogP contribution in [0.25, 0.3) is 0 Å². The van der Waals surface area contributed by atoms with Gasteiger partial charge in [0.1, 0.15) is 5.82 Å². The number of nitrogens with zero attached hydrogens (tertiary/aromatic N) is 2. The molecule has 6 heteroatoms. The molecule has 20 heavy (non-hydrogen) atoms. The van der Waals surface area contributed by atoms with E-state index in [4.69, 9.17) is 0 Å². The van der Waals surface area contributed by atoms with Crippen molar-refractivity contribution < 1.29 is 12.8 Å². The van der Waals surface area contributed by atoms with Gasteiger partial charge in [0.15, 0.2) is 9.84 Å². The van der Waals surface area contributed by atoms with Gasteiger partial charge in [-0.25, -0.2) is 12.8 Å². The van der Waals surface area contributed by atoms with Crippen LogP contribution in [0.1, 0.15) is 25.0 Å². The first-order valence-electron chi connectivity index (χ1n) is 7.08. The molecule has 1 aliphatic carbocycles. The third-order valence-electron chi connectivity index (χ3n) is 4.43. The lowest BCUT2D eigenvalue weighted by Gasteiger charge is -2.43. The normalized spacial score (nSPS) is 27.1. The molecule has 2 heterocycles. The molecule has 2 fully saturated rings. The van der Waals surface area contributed by atoms with Crippen molar-refractivity contribution in [2.45, 2.75) is 31.8 Å². The van der Waals surface area contributed by atoms with Gasteiger partial charge < -0.3 is 0 Å². The van der Waals surface area contributed by atoms with Gasteiger partial charge in [0, 0.05) is 19.1 Å². The molecule has 1 unspecified atom stereocenters. The van der Waals surface area contributed by atoms with Gasteiger partial charge in [-0.1, -0.05) is 6.42 Å². The molecule has 3 rings (SSSR count). The van der Waals surface area contributed by atoms with E-state index in [-0.39, 0.29) is 23.4 Å². The Morgan fingerprint density at radius 2 is 2.15 bits per heavy atom. The first-order valence-corrected chi connectivity index (χ1v) is 8.90. The van der Waals surface area contributed by atoms with Crippen LogP contribution in [0, 0.1) is 11.7 Å². The average molecular weight is 298 g/mol. The minimum Gasteiger partial charge on any atom is -0.292 e. The zero-order chi connectivity index (χ0) is 14.2. The van der Waals surface area contributed by atoms with Crippen molar-refractivity contribution in [3.8, 4) is 0 Å². The Hall–Kier alpha value is -1.01. The van der Waals surface area contributed by atoms with E-state index in [0.29, 0.717) is 19.0 Å². The molecule has 110 valence electrons.